The zero-order valence-electron chi connectivity index (χ0n) is 25.0. The van der Waals surface area contributed by atoms with Gasteiger partial charge in [0.1, 0.15) is 30.1 Å². The van der Waals surface area contributed by atoms with Gasteiger partial charge in [0.15, 0.2) is 0 Å². The molecule has 1 saturated heterocycles. The van der Waals surface area contributed by atoms with Gasteiger partial charge in [0.2, 0.25) is 0 Å². The molecule has 7 nitrogen and oxygen atoms in total. The molecule has 1 aliphatic rings. The third-order valence-corrected chi connectivity index (χ3v) is 5.70. The standard InChI is InChI=1S/C25H31F3N6O.C3H8.C2H6/c1-5-8-21(22(6-2)35-4)29-12-7-9-19-15-20-23(32-18-10-13-33(3)14-11-18)30-17-31-24(20)34(19)16-25(26,27)28;1-3-2;1-2/h5-6,8,15,17-18,29H,1,10-14,16H2,2-4H3,(H,30,31,32);3H2,1-2H3;1-2H3/b21-8+,22-6+;;. The Bertz CT molecular complexity index is 1170. The number of methoxy groups -OCH3 is 1. The highest BCUT2D eigenvalue weighted by atomic mass is 19.4. The largest absolute Gasteiger partial charge is 0.495 e. The molecule has 2 aromatic heterocycles. The fraction of sp³-hybridized carbons (Fsp3) is 0.533. The molecule has 0 radical (unpaired) electrons. The quantitative estimate of drug-likeness (QED) is 0.217. The molecule has 0 atom stereocenters. The molecule has 3 rings (SSSR count). The van der Waals surface area contributed by atoms with E-state index in [-0.39, 0.29) is 23.9 Å². The lowest BCUT2D eigenvalue weighted by Crippen LogP contribution is -2.36. The average molecular weight is 563 g/mol. The van der Waals surface area contributed by atoms with E-state index in [9.17, 15) is 13.2 Å². The molecule has 2 aromatic rings. The summed E-state index contributed by atoms with van der Waals surface area (Å²) in [6.07, 6.45) is 5.11. The van der Waals surface area contributed by atoms with Crippen LogP contribution in [-0.4, -0.2) is 65.4 Å². The van der Waals surface area contributed by atoms with Crippen LogP contribution in [0, 0.1) is 11.8 Å². The number of anilines is 1. The summed E-state index contributed by atoms with van der Waals surface area (Å²) >= 11 is 0. The number of likely N-dealkylation sites (tertiary alicyclic amines) is 1. The Labute approximate surface area is 237 Å². The molecule has 40 heavy (non-hydrogen) atoms. The van der Waals surface area contributed by atoms with Gasteiger partial charge in [-0.2, -0.15) is 13.2 Å². The van der Waals surface area contributed by atoms with Crippen LogP contribution >= 0.6 is 0 Å². The van der Waals surface area contributed by atoms with E-state index in [1.54, 1.807) is 31.4 Å². The summed E-state index contributed by atoms with van der Waals surface area (Å²) in [5.74, 6) is 6.91. The molecular formula is C30H45F3N6O. The first-order valence-corrected chi connectivity index (χ1v) is 13.8. The minimum atomic E-state index is -4.42. The zero-order chi connectivity index (χ0) is 30.1. The lowest BCUT2D eigenvalue weighted by Gasteiger charge is -2.29. The third-order valence-electron chi connectivity index (χ3n) is 5.70. The van der Waals surface area contributed by atoms with E-state index in [2.05, 4.69) is 64.8 Å². The maximum absolute atomic E-state index is 13.4. The van der Waals surface area contributed by atoms with Gasteiger partial charge in [0, 0.05) is 6.04 Å². The van der Waals surface area contributed by atoms with Crippen LogP contribution in [0.15, 0.2) is 48.7 Å². The van der Waals surface area contributed by atoms with E-state index in [0.717, 1.165) is 30.5 Å². The molecule has 10 heteroatoms. The molecule has 0 saturated carbocycles. The summed E-state index contributed by atoms with van der Waals surface area (Å²) in [5, 5.41) is 7.03. The molecular weight excluding hydrogens is 517 g/mol. The van der Waals surface area contributed by atoms with Crippen LogP contribution in [0.2, 0.25) is 0 Å². The summed E-state index contributed by atoms with van der Waals surface area (Å²) in [5.41, 5.74) is 1.09. The van der Waals surface area contributed by atoms with Crippen LogP contribution in [0.5, 0.6) is 0 Å². The van der Waals surface area contributed by atoms with Gasteiger partial charge in [-0.05, 0) is 64.0 Å². The van der Waals surface area contributed by atoms with Gasteiger partial charge >= 0.3 is 6.18 Å². The predicted octanol–water partition coefficient (Wildman–Crippen LogP) is 6.50. The first-order chi connectivity index (χ1) is 19.2. The van der Waals surface area contributed by atoms with Crippen molar-refractivity contribution in [3.63, 3.8) is 0 Å². The van der Waals surface area contributed by atoms with Crippen LogP contribution in [-0.2, 0) is 11.3 Å². The van der Waals surface area contributed by atoms with Crippen molar-refractivity contribution in [2.24, 2.45) is 0 Å². The lowest BCUT2D eigenvalue weighted by atomic mass is 10.1. The first-order valence-electron chi connectivity index (χ1n) is 13.8. The molecule has 2 N–H and O–H groups in total. The second-order valence-corrected chi connectivity index (χ2v) is 8.95. The second kappa shape index (κ2) is 18.0. The number of allylic oxidation sites excluding steroid dienone is 3. The molecule has 0 aliphatic carbocycles. The van der Waals surface area contributed by atoms with Crippen LogP contribution in [0.3, 0.4) is 0 Å². The first kappa shape index (κ1) is 34.6. The Morgan fingerprint density at radius 1 is 1.23 bits per heavy atom. The number of nitrogens with one attached hydrogen (secondary N) is 2. The highest BCUT2D eigenvalue weighted by Gasteiger charge is 2.30. The van der Waals surface area contributed by atoms with E-state index in [0.29, 0.717) is 22.7 Å². The second-order valence-electron chi connectivity index (χ2n) is 8.95. The maximum atomic E-state index is 13.4. The van der Waals surface area contributed by atoms with Gasteiger partial charge in [-0.15, -0.1) is 0 Å². The number of nitrogens with zero attached hydrogens (tertiary/aromatic N) is 4. The Kier molecular flexibility index (Phi) is 15.6. The number of fused-ring (bicyclic) bond motifs is 1. The number of piperidine rings is 1. The molecule has 1 fully saturated rings. The van der Waals surface area contributed by atoms with E-state index in [1.165, 1.54) is 12.7 Å². The van der Waals surface area contributed by atoms with Crippen molar-refractivity contribution < 1.29 is 17.9 Å². The smallest absolute Gasteiger partial charge is 0.406 e. The van der Waals surface area contributed by atoms with Crippen molar-refractivity contribution in [1.29, 1.82) is 0 Å². The average Bonchev–Trinajstić information content (AvgIpc) is 3.26. The number of halogens is 3. The van der Waals surface area contributed by atoms with Crippen molar-refractivity contribution in [3.05, 3.63) is 54.4 Å². The fourth-order valence-corrected chi connectivity index (χ4v) is 3.97. The maximum Gasteiger partial charge on any atom is 0.406 e. The molecule has 0 unspecified atom stereocenters. The SMILES string of the molecule is C=C/C=C(NCC#Cc1cc2c(NC3CCN(C)CC3)ncnc2n1CC(F)(F)F)\C(=C/C)OC.CC.CCC. The number of ether oxygens (including phenoxy) is 1. The van der Waals surface area contributed by atoms with E-state index in [1.807, 2.05) is 20.8 Å². The summed E-state index contributed by atoms with van der Waals surface area (Å²) < 4.78 is 46.6. The molecule has 0 aromatic carbocycles. The molecule has 0 bridgehead atoms. The Hall–Kier alpha value is -3.45. The van der Waals surface area contributed by atoms with E-state index in [4.69, 9.17) is 4.74 Å². The highest BCUT2D eigenvalue weighted by Crippen LogP contribution is 2.28. The van der Waals surface area contributed by atoms with Gasteiger partial charge in [0.05, 0.1) is 30.4 Å². The molecule has 0 spiro atoms. The van der Waals surface area contributed by atoms with Gasteiger partial charge in [-0.1, -0.05) is 52.7 Å². The normalized spacial score (nSPS) is 14.7. The number of alkyl halides is 3. The monoisotopic (exact) mass is 562 g/mol. The van der Waals surface area contributed by atoms with Crippen molar-refractivity contribution >= 4 is 16.9 Å². The minimum absolute atomic E-state index is 0.195. The Morgan fingerprint density at radius 2 is 1.88 bits per heavy atom. The number of rotatable bonds is 8. The zero-order valence-corrected chi connectivity index (χ0v) is 25.0. The predicted molar refractivity (Wildman–Crippen MR) is 159 cm³/mol. The molecule has 3 heterocycles. The number of hydrogen-bond acceptors (Lipinski definition) is 6. The molecule has 1 aliphatic heterocycles. The number of hydrogen-bond donors (Lipinski definition) is 2. The fourth-order valence-electron chi connectivity index (χ4n) is 3.97. The van der Waals surface area contributed by atoms with Gasteiger partial charge in [0.25, 0.3) is 0 Å². The summed E-state index contributed by atoms with van der Waals surface area (Å²) in [4.78, 5) is 10.7. The van der Waals surface area contributed by atoms with E-state index >= 15 is 0 Å². The topological polar surface area (TPSA) is 67.2 Å². The Balaban J connectivity index is 0.00000150. The lowest BCUT2D eigenvalue weighted by molar-refractivity contribution is -0.140. The van der Waals surface area contributed by atoms with Crippen molar-refractivity contribution in [2.45, 2.75) is 72.6 Å². The minimum Gasteiger partial charge on any atom is -0.495 e. The van der Waals surface area contributed by atoms with Crippen molar-refractivity contribution in [3.8, 4) is 11.8 Å². The summed E-state index contributed by atoms with van der Waals surface area (Å²) in [6.45, 7) is 14.7. The van der Waals surface area contributed by atoms with Crippen LogP contribution in [0.4, 0.5) is 19.0 Å². The number of aromatic nitrogens is 3. The van der Waals surface area contributed by atoms with E-state index < -0.39 is 12.7 Å². The summed E-state index contributed by atoms with van der Waals surface area (Å²) in [7, 11) is 3.62. The van der Waals surface area contributed by atoms with Crippen LogP contribution in [0.1, 0.15) is 59.6 Å². The van der Waals surface area contributed by atoms with Crippen molar-refractivity contribution in [2.75, 3.05) is 39.1 Å². The van der Waals surface area contributed by atoms with Gasteiger partial charge in [-0.3, -0.25) is 0 Å². The molecule has 222 valence electrons. The Morgan fingerprint density at radius 3 is 2.42 bits per heavy atom. The van der Waals surface area contributed by atoms with Crippen LogP contribution < -0.4 is 10.6 Å². The highest BCUT2D eigenvalue weighted by molar-refractivity contribution is 5.89. The van der Waals surface area contributed by atoms with Gasteiger partial charge in [-0.25, -0.2) is 9.97 Å². The van der Waals surface area contributed by atoms with Crippen molar-refractivity contribution in [1.82, 2.24) is 24.8 Å². The molecule has 0 amide bonds. The third kappa shape index (κ3) is 11.0. The van der Waals surface area contributed by atoms with Crippen LogP contribution in [0.25, 0.3) is 11.0 Å². The summed E-state index contributed by atoms with van der Waals surface area (Å²) in [6, 6.07) is 1.82. The van der Waals surface area contributed by atoms with Gasteiger partial charge < -0.3 is 24.8 Å².